The summed E-state index contributed by atoms with van der Waals surface area (Å²) in [4.78, 5) is 47.1. The first-order valence-corrected chi connectivity index (χ1v) is 26.0. The molecule has 1 aliphatic carbocycles. The number of aliphatic hydroxyl groups excluding tert-OH is 1. The van der Waals surface area contributed by atoms with E-state index >= 15 is 8.78 Å². The number of benzene rings is 2. The van der Waals surface area contributed by atoms with Crippen LogP contribution in [-0.4, -0.2) is 106 Å². The van der Waals surface area contributed by atoms with Crippen LogP contribution in [0.25, 0.3) is 22.0 Å². The average molecular weight is 1140 g/mol. The number of halogens is 11. The van der Waals surface area contributed by atoms with Crippen LogP contribution in [0.15, 0.2) is 42.5 Å². The molecule has 1 aliphatic heterocycles. The van der Waals surface area contributed by atoms with E-state index in [4.69, 9.17) is 26.4 Å². The standard InChI is InChI=1S/C48H47ClF10N8O5S2.CH4O/c1-24-19-46(52,53)40-35(24)39(48(57,58)59)62-65(40)22-34(68)61-33(17-25-15-27(50)18-28(51)16-25)37-30(10-9-29(60-37)13-14-45(5,6)73-7)31-11-12-32(49)36-38(31)66(23-47(54,55)56)63-41(36)67(74(8)71)42(69)26-20-64(21-26)43(70)72-44(2,3)4;1-2/h9-12,15-16,18,24,26,33H,17,19-23H2,1-8H3,(H,61,68);2H,1H3/t24-,33?,74?;/m0./s1. The van der Waals surface area contributed by atoms with Crippen molar-refractivity contribution >= 4 is 69.0 Å². The summed E-state index contributed by atoms with van der Waals surface area (Å²) in [5.41, 5.74) is -5.60. The Labute approximate surface area is 441 Å². The van der Waals surface area contributed by atoms with Crippen LogP contribution in [-0.2, 0) is 56.9 Å². The lowest BCUT2D eigenvalue weighted by molar-refractivity contribution is -0.143. The number of aromatic nitrogens is 5. The monoisotopic (exact) mass is 1140 g/mol. The Morgan fingerprint density at radius 3 is 2.16 bits per heavy atom. The van der Waals surface area contributed by atoms with Gasteiger partial charge in [0.05, 0.1) is 38.3 Å². The molecule has 5 aromatic rings. The molecule has 0 radical (unpaired) electrons. The largest absolute Gasteiger partial charge is 0.444 e. The summed E-state index contributed by atoms with van der Waals surface area (Å²) in [7, 11) is -1.34. The van der Waals surface area contributed by atoms with Crippen molar-refractivity contribution in [1.29, 1.82) is 0 Å². The van der Waals surface area contributed by atoms with E-state index in [1.807, 2.05) is 0 Å². The molecule has 0 saturated carbocycles. The second kappa shape index (κ2) is 22.2. The summed E-state index contributed by atoms with van der Waals surface area (Å²) in [5.74, 6) is -5.13. The quantitative estimate of drug-likeness (QED) is 0.0908. The van der Waals surface area contributed by atoms with Crippen LogP contribution in [0.4, 0.5) is 54.5 Å². The Morgan fingerprint density at radius 2 is 1.59 bits per heavy atom. The number of anilines is 1. The zero-order chi connectivity index (χ0) is 56.8. The van der Waals surface area contributed by atoms with E-state index in [0.717, 1.165) is 32.4 Å². The third-order valence-electron chi connectivity index (χ3n) is 11.9. The van der Waals surface area contributed by atoms with Gasteiger partial charge in [-0.2, -0.15) is 45.3 Å². The minimum atomic E-state index is -5.20. The molecule has 3 atom stereocenters. The molecule has 2 aliphatic rings. The van der Waals surface area contributed by atoms with Crippen LogP contribution < -0.4 is 9.62 Å². The number of rotatable bonds is 12. The van der Waals surface area contributed by atoms with Gasteiger partial charge in [-0.3, -0.25) is 19.0 Å². The molecule has 3 aromatic heterocycles. The number of amides is 3. The second-order valence-corrected chi connectivity index (χ2v) is 22.4. The van der Waals surface area contributed by atoms with Crippen molar-refractivity contribution in [3.63, 3.8) is 0 Å². The van der Waals surface area contributed by atoms with Crippen molar-refractivity contribution in [3.8, 4) is 23.0 Å². The van der Waals surface area contributed by atoms with Gasteiger partial charge in [-0.25, -0.2) is 27.1 Å². The fourth-order valence-electron chi connectivity index (χ4n) is 8.63. The van der Waals surface area contributed by atoms with Gasteiger partial charge in [0.15, 0.2) is 11.5 Å². The first-order chi connectivity index (χ1) is 35.2. The molecule has 412 valence electrons. The first-order valence-electron chi connectivity index (χ1n) is 22.9. The zero-order valence-electron chi connectivity index (χ0n) is 42.1. The third kappa shape index (κ3) is 13.2. The molecule has 1 fully saturated rings. The second-order valence-electron chi connectivity index (χ2n) is 19.3. The van der Waals surface area contributed by atoms with Crippen LogP contribution in [0.1, 0.15) is 93.8 Å². The van der Waals surface area contributed by atoms with Crippen LogP contribution in [0, 0.1) is 29.4 Å². The van der Waals surface area contributed by atoms with Gasteiger partial charge in [-0.1, -0.05) is 30.5 Å². The smallest absolute Gasteiger partial charge is 0.435 e. The van der Waals surface area contributed by atoms with Crippen molar-refractivity contribution < 1.29 is 72.3 Å². The van der Waals surface area contributed by atoms with E-state index in [2.05, 4.69) is 27.4 Å². The number of thioether (sulfide) groups is 1. The van der Waals surface area contributed by atoms with Crippen molar-refractivity contribution in [2.24, 2.45) is 5.92 Å². The molecule has 2 unspecified atom stereocenters. The van der Waals surface area contributed by atoms with Crippen LogP contribution >= 0.6 is 23.4 Å². The molecule has 76 heavy (non-hydrogen) atoms. The molecular weight excluding hydrogens is 1090 g/mol. The van der Waals surface area contributed by atoms with Crippen LogP contribution in [0.2, 0.25) is 5.02 Å². The van der Waals surface area contributed by atoms with Gasteiger partial charge in [0.1, 0.15) is 52.7 Å². The van der Waals surface area contributed by atoms with Gasteiger partial charge >= 0.3 is 18.4 Å². The molecule has 4 heterocycles. The van der Waals surface area contributed by atoms with E-state index in [-0.39, 0.29) is 56.3 Å². The van der Waals surface area contributed by atoms with Gasteiger partial charge < -0.3 is 20.1 Å². The van der Waals surface area contributed by atoms with Crippen molar-refractivity contribution in [2.75, 3.05) is 37.0 Å². The Bertz CT molecular complexity index is 3120. The zero-order valence-corrected chi connectivity index (χ0v) is 44.5. The number of hydrogen-bond acceptors (Lipinski definition) is 10. The predicted octanol–water partition coefficient (Wildman–Crippen LogP) is 10.1. The SMILES string of the molecule is CO.CSC(C)(C)C#Cc1ccc(-c2ccc(Cl)c3c(N(C(=O)C4CN(C(=O)OC(C)(C)C)C4)S(C)=O)nn(CC(F)(F)F)c23)c(C(Cc2cc(F)cc(F)c2)NC(=O)Cn2nc(C(F)(F)F)c3c2C(F)(F)C[C@@H]3C)n1. The molecular formula is C49H51ClF10N8O6S2. The molecule has 14 nitrogen and oxygen atoms in total. The van der Waals surface area contributed by atoms with Crippen molar-refractivity contribution in [1.82, 2.24) is 34.8 Å². The Hall–Kier alpha value is -5.91. The molecule has 1 saturated heterocycles. The first kappa shape index (κ1) is 59.3. The Kier molecular flexibility index (Phi) is 17.3. The molecule has 2 N–H and O–H groups in total. The maximum atomic E-state index is 15.4. The highest BCUT2D eigenvalue weighted by atomic mass is 35.5. The number of nitrogens with zero attached hydrogens (tertiary/aromatic N) is 7. The number of nitrogens with one attached hydrogen (secondary N) is 1. The van der Waals surface area contributed by atoms with Gasteiger partial charge in [0.25, 0.3) is 5.92 Å². The number of ether oxygens (including phenoxy) is 1. The number of fused-ring (bicyclic) bond motifs is 2. The third-order valence-corrected chi connectivity index (χ3v) is 14.2. The lowest BCUT2D eigenvalue weighted by atomic mass is 9.93. The molecule has 3 amide bonds. The summed E-state index contributed by atoms with van der Waals surface area (Å²) in [6.07, 6.45) is -9.72. The molecule has 7 rings (SSSR count). The highest BCUT2D eigenvalue weighted by Crippen LogP contribution is 2.52. The van der Waals surface area contributed by atoms with Gasteiger partial charge in [0.2, 0.25) is 11.8 Å². The predicted molar refractivity (Wildman–Crippen MR) is 265 cm³/mol. The average Bonchev–Trinajstić information content (AvgIpc) is 3.91. The van der Waals surface area contributed by atoms with Gasteiger partial charge in [0, 0.05) is 55.6 Å². The fraction of sp³-hybridized carbons (Fsp3) is 0.469. The van der Waals surface area contributed by atoms with E-state index in [0.29, 0.717) is 15.1 Å². The molecule has 27 heteroatoms. The summed E-state index contributed by atoms with van der Waals surface area (Å²) < 4.78 is 167. The number of likely N-dealkylation sites (tertiary alicyclic amines) is 1. The summed E-state index contributed by atoms with van der Waals surface area (Å²) >= 11 is 8.14. The van der Waals surface area contributed by atoms with Crippen molar-refractivity contribution in [2.45, 2.75) is 108 Å². The minimum Gasteiger partial charge on any atom is -0.444 e. The van der Waals surface area contributed by atoms with E-state index in [1.54, 1.807) is 40.9 Å². The van der Waals surface area contributed by atoms with Crippen LogP contribution in [0.3, 0.4) is 0 Å². The minimum absolute atomic E-state index is 0.0161. The number of alkyl halides is 8. The number of pyridine rings is 1. The molecule has 2 aromatic carbocycles. The molecule has 0 bridgehead atoms. The fourth-order valence-corrected chi connectivity index (χ4v) is 9.79. The Morgan fingerprint density at radius 1 is 0.974 bits per heavy atom. The number of aliphatic hydroxyl groups is 1. The number of carbonyl (C=O) groups excluding carboxylic acids is 3. The number of carbonyl (C=O) groups is 3. The van der Waals surface area contributed by atoms with E-state index in [9.17, 15) is 53.7 Å². The van der Waals surface area contributed by atoms with Crippen LogP contribution in [0.5, 0.6) is 0 Å². The van der Waals surface area contributed by atoms with Gasteiger partial charge in [-0.15, -0.1) is 11.8 Å². The summed E-state index contributed by atoms with van der Waals surface area (Å²) in [5, 5.41) is 16.5. The van der Waals surface area contributed by atoms with Gasteiger partial charge in [-0.05, 0) is 95.0 Å². The summed E-state index contributed by atoms with van der Waals surface area (Å²) in [6.45, 7) is 6.11. The normalized spacial score (nSPS) is 16.4. The van der Waals surface area contributed by atoms with Crippen molar-refractivity contribution in [3.05, 3.63) is 93.0 Å². The van der Waals surface area contributed by atoms with E-state index < -0.39 is 141 Å². The highest BCUT2D eigenvalue weighted by Gasteiger charge is 2.53. The topological polar surface area (TPSA) is 165 Å². The Balaban J connectivity index is 0.00000463. The maximum Gasteiger partial charge on any atom is 0.435 e. The lowest BCUT2D eigenvalue weighted by Gasteiger charge is -2.40. The number of hydrogen-bond donors (Lipinski definition) is 2. The maximum absolute atomic E-state index is 15.4. The highest BCUT2D eigenvalue weighted by molar-refractivity contribution is 8.00. The molecule has 0 spiro atoms. The lowest BCUT2D eigenvalue weighted by Crippen LogP contribution is -2.57. The summed E-state index contributed by atoms with van der Waals surface area (Å²) in [6, 6.07) is 5.87. The van der Waals surface area contributed by atoms with E-state index in [1.165, 1.54) is 40.9 Å².